The van der Waals surface area contributed by atoms with Crippen LogP contribution in [0.25, 0.3) is 0 Å². The maximum absolute atomic E-state index is 12.2. The summed E-state index contributed by atoms with van der Waals surface area (Å²) >= 11 is 0. The first-order valence-corrected chi connectivity index (χ1v) is 7.91. The molecule has 0 saturated heterocycles. The number of hydrogen-bond donors (Lipinski definition) is 1. The SMILES string of the molecule is CCC(C)c1ccc(NC(=O)Cn2nc(C)c([N+](=O)[O-])c2C)cc1. The van der Waals surface area contributed by atoms with Crippen molar-refractivity contribution in [2.75, 3.05) is 5.32 Å². The van der Waals surface area contributed by atoms with E-state index in [9.17, 15) is 14.9 Å². The lowest BCUT2D eigenvalue weighted by molar-refractivity contribution is -0.386. The summed E-state index contributed by atoms with van der Waals surface area (Å²) in [6, 6.07) is 7.72. The van der Waals surface area contributed by atoms with Crippen molar-refractivity contribution in [2.24, 2.45) is 0 Å². The predicted octanol–water partition coefficient (Wildman–Crippen LogP) is 3.56. The molecule has 0 radical (unpaired) electrons. The van der Waals surface area contributed by atoms with Gasteiger partial charge < -0.3 is 5.32 Å². The number of carbonyl (C=O) groups excluding carboxylic acids is 1. The first-order chi connectivity index (χ1) is 11.3. The van der Waals surface area contributed by atoms with E-state index in [-0.39, 0.29) is 18.1 Å². The van der Waals surface area contributed by atoms with E-state index in [1.807, 2.05) is 24.3 Å². The van der Waals surface area contributed by atoms with Gasteiger partial charge in [-0.1, -0.05) is 26.0 Å². The van der Waals surface area contributed by atoms with Gasteiger partial charge in [0.2, 0.25) is 5.91 Å². The average Bonchev–Trinajstić information content (AvgIpc) is 2.81. The number of rotatable bonds is 6. The van der Waals surface area contributed by atoms with Gasteiger partial charge in [0.05, 0.1) is 4.92 Å². The summed E-state index contributed by atoms with van der Waals surface area (Å²) in [5, 5.41) is 17.9. The molecule has 7 nitrogen and oxygen atoms in total. The van der Waals surface area contributed by atoms with E-state index in [0.29, 0.717) is 23.0 Å². The van der Waals surface area contributed by atoms with Crippen LogP contribution < -0.4 is 5.32 Å². The van der Waals surface area contributed by atoms with E-state index in [4.69, 9.17) is 0 Å². The lowest BCUT2D eigenvalue weighted by atomic mass is 9.99. The highest BCUT2D eigenvalue weighted by molar-refractivity contribution is 5.90. The first kappa shape index (κ1) is 17.7. The van der Waals surface area contributed by atoms with Crippen LogP contribution in [-0.4, -0.2) is 20.6 Å². The normalized spacial score (nSPS) is 12.0. The van der Waals surface area contributed by atoms with Crippen LogP contribution in [0.3, 0.4) is 0 Å². The molecule has 0 aliphatic carbocycles. The number of nitrogens with one attached hydrogen (secondary N) is 1. The Labute approximate surface area is 140 Å². The van der Waals surface area contributed by atoms with Gasteiger partial charge in [0.25, 0.3) is 0 Å². The largest absolute Gasteiger partial charge is 0.324 e. The number of aromatic nitrogens is 2. The van der Waals surface area contributed by atoms with E-state index >= 15 is 0 Å². The molecule has 0 spiro atoms. The van der Waals surface area contributed by atoms with Crippen molar-refractivity contribution in [1.29, 1.82) is 0 Å². The molecular formula is C17H22N4O3. The van der Waals surface area contributed by atoms with Crippen molar-refractivity contribution in [3.05, 3.63) is 51.3 Å². The maximum Gasteiger partial charge on any atom is 0.312 e. The lowest BCUT2D eigenvalue weighted by Crippen LogP contribution is -2.20. The molecule has 2 aromatic rings. The Morgan fingerprint density at radius 3 is 2.46 bits per heavy atom. The molecule has 1 heterocycles. The zero-order valence-electron chi connectivity index (χ0n) is 14.4. The van der Waals surface area contributed by atoms with Crippen molar-refractivity contribution >= 4 is 17.3 Å². The predicted molar refractivity (Wildman–Crippen MR) is 92.1 cm³/mol. The van der Waals surface area contributed by atoms with Crippen molar-refractivity contribution in [1.82, 2.24) is 9.78 Å². The minimum absolute atomic E-state index is 0.0410. The molecule has 0 aliphatic heterocycles. The number of hydrogen-bond acceptors (Lipinski definition) is 4. The molecule has 7 heteroatoms. The second-order valence-corrected chi connectivity index (χ2v) is 5.91. The number of amides is 1. The standard InChI is InChI=1S/C17H22N4O3/c1-5-11(2)14-6-8-15(9-7-14)18-16(22)10-20-13(4)17(21(23)24)12(3)19-20/h6-9,11H,5,10H2,1-4H3,(H,18,22). The monoisotopic (exact) mass is 330 g/mol. The third kappa shape index (κ3) is 3.79. The van der Waals surface area contributed by atoms with Crippen molar-refractivity contribution < 1.29 is 9.72 Å². The quantitative estimate of drug-likeness (QED) is 0.647. The molecule has 0 fully saturated rings. The molecule has 0 bridgehead atoms. The number of benzene rings is 1. The zero-order chi connectivity index (χ0) is 17.9. The summed E-state index contributed by atoms with van der Waals surface area (Å²) in [6.07, 6.45) is 1.06. The highest BCUT2D eigenvalue weighted by atomic mass is 16.6. The molecule has 24 heavy (non-hydrogen) atoms. The minimum atomic E-state index is -0.473. The van der Waals surface area contributed by atoms with Gasteiger partial charge >= 0.3 is 5.69 Å². The van der Waals surface area contributed by atoms with Gasteiger partial charge in [-0.3, -0.25) is 19.6 Å². The zero-order valence-corrected chi connectivity index (χ0v) is 14.4. The molecule has 1 atom stereocenters. The smallest absolute Gasteiger partial charge is 0.312 e. The Balaban J connectivity index is 2.06. The fraction of sp³-hybridized carbons (Fsp3) is 0.412. The van der Waals surface area contributed by atoms with Crippen LogP contribution in [0.1, 0.15) is 43.1 Å². The number of carbonyl (C=O) groups is 1. The van der Waals surface area contributed by atoms with Gasteiger partial charge in [0.15, 0.2) is 0 Å². The summed E-state index contributed by atoms with van der Waals surface area (Å²) in [7, 11) is 0. The highest BCUT2D eigenvalue weighted by Gasteiger charge is 2.22. The summed E-state index contributed by atoms with van der Waals surface area (Å²) < 4.78 is 1.36. The Hall–Kier alpha value is -2.70. The molecule has 1 unspecified atom stereocenters. The molecule has 1 amide bonds. The van der Waals surface area contributed by atoms with Crippen molar-refractivity contribution in [3.63, 3.8) is 0 Å². The van der Waals surface area contributed by atoms with E-state index in [1.165, 1.54) is 10.2 Å². The second-order valence-electron chi connectivity index (χ2n) is 5.91. The second kappa shape index (κ2) is 7.25. The average molecular weight is 330 g/mol. The van der Waals surface area contributed by atoms with E-state index in [0.717, 1.165) is 6.42 Å². The summed E-state index contributed by atoms with van der Waals surface area (Å²) in [5.74, 6) is 0.205. The number of anilines is 1. The fourth-order valence-corrected chi connectivity index (χ4v) is 2.57. The topological polar surface area (TPSA) is 90.1 Å². The van der Waals surface area contributed by atoms with Gasteiger partial charge in [-0.15, -0.1) is 0 Å². The molecule has 1 N–H and O–H groups in total. The molecule has 128 valence electrons. The minimum Gasteiger partial charge on any atom is -0.324 e. The molecule has 0 aliphatic rings. The Morgan fingerprint density at radius 1 is 1.33 bits per heavy atom. The van der Waals surface area contributed by atoms with Gasteiger partial charge in [-0.05, 0) is 43.9 Å². The van der Waals surface area contributed by atoms with E-state index in [2.05, 4.69) is 24.3 Å². The lowest BCUT2D eigenvalue weighted by Gasteiger charge is -2.11. The summed E-state index contributed by atoms with van der Waals surface area (Å²) in [6.45, 7) is 7.38. The number of nitro groups is 1. The van der Waals surface area contributed by atoms with Crippen LogP contribution in [0, 0.1) is 24.0 Å². The van der Waals surface area contributed by atoms with Gasteiger partial charge in [-0.25, -0.2) is 0 Å². The number of nitrogens with zero attached hydrogens (tertiary/aromatic N) is 3. The molecule has 1 aromatic heterocycles. The van der Waals surface area contributed by atoms with Crippen LogP contribution in [0.2, 0.25) is 0 Å². The third-order valence-corrected chi connectivity index (χ3v) is 4.20. The first-order valence-electron chi connectivity index (χ1n) is 7.91. The van der Waals surface area contributed by atoms with Crippen LogP contribution in [0.15, 0.2) is 24.3 Å². The molecular weight excluding hydrogens is 308 g/mol. The Bertz CT molecular complexity index is 750. The molecule has 1 aromatic carbocycles. The van der Waals surface area contributed by atoms with Crippen LogP contribution >= 0.6 is 0 Å². The highest BCUT2D eigenvalue weighted by Crippen LogP contribution is 2.22. The van der Waals surface area contributed by atoms with Crippen molar-refractivity contribution in [2.45, 2.75) is 46.6 Å². The third-order valence-electron chi connectivity index (χ3n) is 4.20. The van der Waals surface area contributed by atoms with Crippen LogP contribution in [0.5, 0.6) is 0 Å². The van der Waals surface area contributed by atoms with Gasteiger partial charge in [0.1, 0.15) is 17.9 Å². The van der Waals surface area contributed by atoms with Crippen LogP contribution in [0.4, 0.5) is 11.4 Å². The number of aryl methyl sites for hydroxylation is 1. The Morgan fingerprint density at radius 2 is 1.96 bits per heavy atom. The van der Waals surface area contributed by atoms with E-state index < -0.39 is 4.92 Å². The van der Waals surface area contributed by atoms with E-state index in [1.54, 1.807) is 13.8 Å². The fourth-order valence-electron chi connectivity index (χ4n) is 2.57. The Kier molecular flexibility index (Phi) is 5.33. The summed E-state index contributed by atoms with van der Waals surface area (Å²) in [4.78, 5) is 22.7. The van der Waals surface area contributed by atoms with Crippen LogP contribution in [-0.2, 0) is 11.3 Å². The van der Waals surface area contributed by atoms with Gasteiger partial charge in [0, 0.05) is 5.69 Å². The maximum atomic E-state index is 12.2. The van der Waals surface area contributed by atoms with Crippen molar-refractivity contribution in [3.8, 4) is 0 Å². The molecule has 0 saturated carbocycles. The summed E-state index contributed by atoms with van der Waals surface area (Å²) in [5.41, 5.74) is 2.57. The molecule has 2 rings (SSSR count). The van der Waals surface area contributed by atoms with Gasteiger partial charge in [-0.2, -0.15) is 5.10 Å².